The summed E-state index contributed by atoms with van der Waals surface area (Å²) in [6.45, 7) is 4.19. The molecule has 29 heavy (non-hydrogen) atoms. The van der Waals surface area contributed by atoms with Gasteiger partial charge < -0.3 is 20.3 Å². The molecule has 0 saturated carbocycles. The van der Waals surface area contributed by atoms with Crippen molar-refractivity contribution >= 4 is 17.6 Å². The zero-order valence-corrected chi connectivity index (χ0v) is 16.8. The van der Waals surface area contributed by atoms with E-state index in [1.54, 1.807) is 13.1 Å². The molecule has 0 bridgehead atoms. The number of ether oxygens (including phenoxy) is 1. The average Bonchev–Trinajstić information content (AvgIpc) is 2.75. The second-order valence-electron chi connectivity index (χ2n) is 6.84. The third kappa shape index (κ3) is 5.37. The van der Waals surface area contributed by atoms with Gasteiger partial charge in [0.05, 0.1) is 19.7 Å². The Morgan fingerprint density at radius 1 is 1.31 bits per heavy atom. The first-order chi connectivity index (χ1) is 14.1. The van der Waals surface area contributed by atoms with Gasteiger partial charge in [-0.3, -0.25) is 9.79 Å². The summed E-state index contributed by atoms with van der Waals surface area (Å²) in [4.78, 5) is 18.8. The van der Waals surface area contributed by atoms with Gasteiger partial charge in [-0.25, -0.2) is 0 Å². The van der Waals surface area contributed by atoms with E-state index in [2.05, 4.69) is 45.5 Å². The smallest absolute Gasteiger partial charge is 0.243 e. The summed E-state index contributed by atoms with van der Waals surface area (Å²) in [5.74, 6) is 3.08. The van der Waals surface area contributed by atoms with Gasteiger partial charge in [0.25, 0.3) is 0 Å². The van der Waals surface area contributed by atoms with Gasteiger partial charge >= 0.3 is 0 Å². The zero-order valence-electron chi connectivity index (χ0n) is 16.8. The van der Waals surface area contributed by atoms with Gasteiger partial charge in [-0.05, 0) is 36.2 Å². The fraction of sp³-hybridized carbons (Fsp3) is 0.304. The van der Waals surface area contributed by atoms with Crippen molar-refractivity contribution in [3.05, 3.63) is 65.2 Å². The highest BCUT2D eigenvalue weighted by Gasteiger charge is 2.25. The van der Waals surface area contributed by atoms with Crippen LogP contribution >= 0.6 is 0 Å². The number of aliphatic imine (C=N–C) groups is 1. The number of terminal acetylenes is 1. The van der Waals surface area contributed by atoms with E-state index in [1.165, 1.54) is 11.1 Å². The van der Waals surface area contributed by atoms with Gasteiger partial charge in [0.1, 0.15) is 6.10 Å². The van der Waals surface area contributed by atoms with E-state index in [1.807, 2.05) is 30.3 Å². The maximum atomic E-state index is 12.3. The number of anilines is 1. The van der Waals surface area contributed by atoms with Crippen LogP contribution in [0.2, 0.25) is 0 Å². The Morgan fingerprint density at radius 3 is 2.90 bits per heavy atom. The number of carbonyl (C=O) groups excluding carboxylic acids is 1. The Hall–Kier alpha value is -3.30. The van der Waals surface area contributed by atoms with Crippen LogP contribution in [0.5, 0.6) is 0 Å². The second kappa shape index (κ2) is 9.76. The number of rotatable bonds is 4. The molecule has 150 valence electrons. The van der Waals surface area contributed by atoms with Gasteiger partial charge in [-0.15, -0.1) is 6.42 Å². The molecule has 0 aromatic heterocycles. The quantitative estimate of drug-likeness (QED) is 0.478. The minimum absolute atomic E-state index is 0.0242. The lowest BCUT2D eigenvalue weighted by Gasteiger charge is -2.35. The van der Waals surface area contributed by atoms with Crippen LogP contribution in [0.4, 0.5) is 5.69 Å². The summed E-state index contributed by atoms with van der Waals surface area (Å²) in [6.07, 6.45) is 5.38. The molecule has 1 aliphatic rings. The number of morpholine rings is 1. The number of aryl methyl sites for hydroxylation is 1. The lowest BCUT2D eigenvalue weighted by Crippen LogP contribution is -2.49. The molecular formula is C23H26N4O2. The summed E-state index contributed by atoms with van der Waals surface area (Å²) in [5, 5.41) is 5.99. The van der Waals surface area contributed by atoms with E-state index in [9.17, 15) is 4.79 Å². The van der Waals surface area contributed by atoms with E-state index >= 15 is 0 Å². The van der Waals surface area contributed by atoms with Gasteiger partial charge in [0.2, 0.25) is 5.91 Å². The standard InChI is InChI=1S/C23H26N4O2/c1-4-18-9-7-10-19(14-18)26-22(28)15-25-23(24-3)27-12-13-29-21(16-27)20-11-6-5-8-17(20)2/h1,5-11,14,21H,12-13,15-16H2,2-3H3,(H,24,25)(H,26,28). The number of hydrogen-bond acceptors (Lipinski definition) is 3. The van der Waals surface area contributed by atoms with E-state index in [0.717, 1.165) is 5.56 Å². The molecule has 3 rings (SSSR count). The first kappa shape index (κ1) is 20.4. The van der Waals surface area contributed by atoms with Crippen LogP contribution in [0, 0.1) is 19.3 Å². The molecule has 0 radical (unpaired) electrons. The lowest BCUT2D eigenvalue weighted by molar-refractivity contribution is -0.115. The molecule has 1 heterocycles. The topological polar surface area (TPSA) is 66.0 Å². The molecule has 2 N–H and O–H groups in total. The third-order valence-corrected chi connectivity index (χ3v) is 4.83. The summed E-state index contributed by atoms with van der Waals surface area (Å²) in [7, 11) is 1.72. The van der Waals surface area contributed by atoms with Crippen molar-refractivity contribution in [3.63, 3.8) is 0 Å². The van der Waals surface area contributed by atoms with Gasteiger partial charge in [0.15, 0.2) is 5.96 Å². The van der Waals surface area contributed by atoms with E-state index in [4.69, 9.17) is 11.2 Å². The molecule has 6 heteroatoms. The van der Waals surface area contributed by atoms with Crippen LogP contribution in [0.25, 0.3) is 0 Å². The Balaban J connectivity index is 1.57. The third-order valence-electron chi connectivity index (χ3n) is 4.83. The first-order valence-electron chi connectivity index (χ1n) is 9.60. The summed E-state index contributed by atoms with van der Waals surface area (Å²) < 4.78 is 5.98. The SMILES string of the molecule is C#Cc1cccc(NC(=O)CNC(=NC)N2CCOC(c3ccccc3C)C2)c1. The van der Waals surface area contributed by atoms with E-state index < -0.39 is 0 Å². The van der Waals surface area contributed by atoms with Crippen molar-refractivity contribution in [3.8, 4) is 12.3 Å². The number of nitrogens with one attached hydrogen (secondary N) is 2. The molecule has 0 aliphatic carbocycles. The molecule has 1 amide bonds. The fourth-order valence-corrected chi connectivity index (χ4v) is 3.36. The van der Waals surface area contributed by atoms with E-state index in [-0.39, 0.29) is 18.6 Å². The number of nitrogens with zero attached hydrogens (tertiary/aromatic N) is 2. The normalized spacial score (nSPS) is 16.8. The molecule has 1 unspecified atom stereocenters. The van der Waals surface area contributed by atoms with Crippen LogP contribution < -0.4 is 10.6 Å². The average molecular weight is 390 g/mol. The van der Waals surface area contributed by atoms with Crippen molar-refractivity contribution in [1.82, 2.24) is 10.2 Å². The molecule has 1 fully saturated rings. The molecule has 0 spiro atoms. The van der Waals surface area contributed by atoms with Gasteiger partial charge in [0, 0.05) is 24.8 Å². The second-order valence-corrected chi connectivity index (χ2v) is 6.84. The number of carbonyl (C=O) groups is 1. The number of hydrogen-bond donors (Lipinski definition) is 2. The largest absolute Gasteiger partial charge is 0.370 e. The summed E-state index contributed by atoms with van der Waals surface area (Å²) in [6, 6.07) is 15.4. The fourth-order valence-electron chi connectivity index (χ4n) is 3.36. The van der Waals surface area contributed by atoms with Crippen LogP contribution in [0.15, 0.2) is 53.5 Å². The predicted octanol–water partition coefficient (Wildman–Crippen LogP) is 2.56. The molecule has 6 nitrogen and oxygen atoms in total. The minimum atomic E-state index is -0.163. The minimum Gasteiger partial charge on any atom is -0.370 e. The van der Waals surface area contributed by atoms with Crippen LogP contribution in [-0.2, 0) is 9.53 Å². The van der Waals surface area contributed by atoms with Crippen LogP contribution in [-0.4, -0.2) is 50.1 Å². The van der Waals surface area contributed by atoms with Crippen molar-refractivity contribution < 1.29 is 9.53 Å². The lowest BCUT2D eigenvalue weighted by atomic mass is 10.0. The van der Waals surface area contributed by atoms with Crippen molar-refractivity contribution in [2.75, 3.05) is 38.6 Å². The summed E-state index contributed by atoms with van der Waals surface area (Å²) in [5.41, 5.74) is 3.78. The molecular weight excluding hydrogens is 364 g/mol. The first-order valence-corrected chi connectivity index (χ1v) is 9.60. The monoisotopic (exact) mass is 390 g/mol. The van der Waals surface area contributed by atoms with Gasteiger partial charge in [-0.2, -0.15) is 0 Å². The molecule has 2 aromatic carbocycles. The van der Waals surface area contributed by atoms with Crippen LogP contribution in [0.1, 0.15) is 22.8 Å². The van der Waals surface area contributed by atoms with Crippen molar-refractivity contribution in [2.45, 2.75) is 13.0 Å². The highest BCUT2D eigenvalue weighted by molar-refractivity contribution is 5.95. The molecule has 1 atom stereocenters. The Labute approximate surface area is 172 Å². The predicted molar refractivity (Wildman–Crippen MR) is 116 cm³/mol. The van der Waals surface area contributed by atoms with Gasteiger partial charge in [-0.1, -0.05) is 36.3 Å². The van der Waals surface area contributed by atoms with Crippen LogP contribution in [0.3, 0.4) is 0 Å². The number of benzene rings is 2. The Kier molecular flexibility index (Phi) is 6.88. The maximum Gasteiger partial charge on any atom is 0.243 e. The Bertz CT molecular complexity index is 932. The highest BCUT2D eigenvalue weighted by Crippen LogP contribution is 2.24. The number of amides is 1. The molecule has 1 aliphatic heterocycles. The molecule has 2 aromatic rings. The summed E-state index contributed by atoms with van der Waals surface area (Å²) >= 11 is 0. The van der Waals surface area contributed by atoms with E-state index in [0.29, 0.717) is 31.3 Å². The zero-order chi connectivity index (χ0) is 20.6. The Morgan fingerprint density at radius 2 is 2.14 bits per heavy atom. The van der Waals surface area contributed by atoms with Crippen molar-refractivity contribution in [1.29, 1.82) is 0 Å². The molecule has 1 saturated heterocycles. The van der Waals surface area contributed by atoms with Crippen molar-refractivity contribution in [2.24, 2.45) is 4.99 Å². The number of guanidine groups is 1. The highest BCUT2D eigenvalue weighted by atomic mass is 16.5. The maximum absolute atomic E-state index is 12.3.